The van der Waals surface area contributed by atoms with Crippen molar-refractivity contribution in [3.63, 3.8) is 0 Å². The molecule has 128 valence electrons. The summed E-state index contributed by atoms with van der Waals surface area (Å²) in [4.78, 5) is 30.7. The van der Waals surface area contributed by atoms with Crippen molar-refractivity contribution in [1.82, 2.24) is 14.3 Å². The number of urea groups is 1. The highest BCUT2D eigenvalue weighted by atomic mass is 19.3. The Morgan fingerprint density at radius 1 is 1.25 bits per heavy atom. The summed E-state index contributed by atoms with van der Waals surface area (Å²) in [6.45, 7) is 4.49. The van der Waals surface area contributed by atoms with Crippen LogP contribution in [0, 0.1) is 0 Å². The molecule has 2 aromatic rings. The van der Waals surface area contributed by atoms with Crippen LogP contribution in [-0.4, -0.2) is 39.8 Å². The Morgan fingerprint density at radius 2 is 1.92 bits per heavy atom. The predicted octanol–water partition coefficient (Wildman–Crippen LogP) is 2.97. The number of fused-ring (bicyclic) bond motifs is 1. The van der Waals surface area contributed by atoms with Crippen molar-refractivity contribution in [2.24, 2.45) is 0 Å². The van der Waals surface area contributed by atoms with E-state index in [-0.39, 0.29) is 29.6 Å². The van der Waals surface area contributed by atoms with Gasteiger partial charge in [0, 0.05) is 31.9 Å². The highest BCUT2D eigenvalue weighted by Gasteiger charge is 2.37. The molecule has 0 N–H and O–H groups in total. The molecule has 3 heterocycles. The number of hydrogen-bond acceptors (Lipinski definition) is 3. The van der Waals surface area contributed by atoms with Gasteiger partial charge in [0.25, 0.3) is 5.92 Å². The topological polar surface area (TPSA) is 57.9 Å². The van der Waals surface area contributed by atoms with Crippen molar-refractivity contribution >= 4 is 23.3 Å². The van der Waals surface area contributed by atoms with Crippen LogP contribution < -0.4 is 4.90 Å². The fourth-order valence-corrected chi connectivity index (χ4v) is 2.60. The molecule has 3 amide bonds. The Labute approximate surface area is 137 Å². The van der Waals surface area contributed by atoms with Crippen LogP contribution in [0.1, 0.15) is 37.9 Å². The van der Waals surface area contributed by atoms with Crippen LogP contribution in [0.5, 0.6) is 0 Å². The van der Waals surface area contributed by atoms with Crippen molar-refractivity contribution in [2.75, 3.05) is 18.5 Å². The molecular weight excluding hydrogens is 318 g/mol. The van der Waals surface area contributed by atoms with Crippen LogP contribution in [0.2, 0.25) is 0 Å². The van der Waals surface area contributed by atoms with Crippen LogP contribution in [0.25, 0.3) is 5.65 Å². The maximum Gasteiger partial charge on any atom is 0.331 e. The molecule has 1 aliphatic heterocycles. The largest absolute Gasteiger partial charge is 0.331 e. The molecule has 0 unspecified atom stereocenters. The molecule has 1 fully saturated rings. The molecule has 1 saturated heterocycles. The van der Waals surface area contributed by atoms with Crippen LogP contribution in [-0.2, 0) is 10.7 Å². The van der Waals surface area contributed by atoms with Crippen molar-refractivity contribution in [2.45, 2.75) is 32.6 Å². The van der Waals surface area contributed by atoms with Gasteiger partial charge in [-0.1, -0.05) is 13.8 Å². The number of hydrogen-bond donors (Lipinski definition) is 0. The zero-order chi connectivity index (χ0) is 17.8. The number of pyridine rings is 1. The van der Waals surface area contributed by atoms with Crippen LogP contribution >= 0.6 is 0 Å². The quantitative estimate of drug-likeness (QED) is 0.810. The molecule has 2 aromatic heterocycles. The molecule has 0 aliphatic carbocycles. The maximum atomic E-state index is 13.9. The molecule has 1 aliphatic rings. The second kappa shape index (κ2) is 5.25. The number of aromatic nitrogens is 2. The minimum atomic E-state index is -3.08. The number of nitrogens with zero attached hydrogens (tertiary/aromatic N) is 4. The SMILES string of the molecule is CC(C)c1cn2cc(C(C)(F)F)cc(N3CC(=O)N(C)C3=O)c2n1. The Balaban J connectivity index is 2.24. The third-order valence-electron chi connectivity index (χ3n) is 4.12. The van der Waals surface area contributed by atoms with E-state index in [4.69, 9.17) is 0 Å². The molecule has 3 rings (SSSR count). The fourth-order valence-electron chi connectivity index (χ4n) is 2.60. The van der Waals surface area contributed by atoms with Crippen molar-refractivity contribution in [3.05, 3.63) is 29.7 Å². The predicted molar refractivity (Wildman–Crippen MR) is 84.4 cm³/mol. The normalized spacial score (nSPS) is 16.1. The van der Waals surface area contributed by atoms with Gasteiger partial charge in [-0.15, -0.1) is 0 Å². The van der Waals surface area contributed by atoms with Crippen molar-refractivity contribution in [3.8, 4) is 0 Å². The van der Waals surface area contributed by atoms with Gasteiger partial charge in [0.05, 0.1) is 11.4 Å². The van der Waals surface area contributed by atoms with Gasteiger partial charge in [0.1, 0.15) is 6.54 Å². The molecule has 0 spiro atoms. The van der Waals surface area contributed by atoms with E-state index in [0.717, 1.165) is 17.5 Å². The number of amides is 3. The Morgan fingerprint density at radius 3 is 2.42 bits per heavy atom. The molecule has 6 nitrogen and oxygen atoms in total. The van der Waals surface area contributed by atoms with E-state index >= 15 is 0 Å². The lowest BCUT2D eigenvalue weighted by Gasteiger charge is -2.19. The highest BCUT2D eigenvalue weighted by Crippen LogP contribution is 2.34. The first kappa shape index (κ1) is 16.4. The number of carbonyl (C=O) groups excluding carboxylic acids is 2. The van der Waals surface area contributed by atoms with Gasteiger partial charge < -0.3 is 4.40 Å². The van der Waals surface area contributed by atoms with E-state index in [1.54, 1.807) is 6.20 Å². The summed E-state index contributed by atoms with van der Waals surface area (Å²) in [5.41, 5.74) is 1.07. The minimum absolute atomic E-state index is 0.0990. The summed E-state index contributed by atoms with van der Waals surface area (Å²) in [7, 11) is 1.37. The first-order chi connectivity index (χ1) is 11.1. The number of rotatable bonds is 3. The highest BCUT2D eigenvalue weighted by molar-refractivity contribution is 6.13. The summed E-state index contributed by atoms with van der Waals surface area (Å²) < 4.78 is 29.2. The summed E-state index contributed by atoms with van der Waals surface area (Å²) in [5, 5.41) is 0. The van der Waals surface area contributed by atoms with Gasteiger partial charge in [-0.25, -0.2) is 18.6 Å². The maximum absolute atomic E-state index is 13.9. The number of imidazole rings is 1. The third-order valence-corrected chi connectivity index (χ3v) is 4.12. The summed E-state index contributed by atoms with van der Waals surface area (Å²) in [6, 6.07) is 0.684. The van der Waals surface area contributed by atoms with Gasteiger partial charge >= 0.3 is 6.03 Å². The Bertz CT molecular complexity index is 838. The van der Waals surface area contributed by atoms with E-state index < -0.39 is 12.0 Å². The molecule has 0 radical (unpaired) electrons. The van der Waals surface area contributed by atoms with E-state index in [0.29, 0.717) is 5.65 Å². The van der Waals surface area contributed by atoms with Gasteiger partial charge in [0.15, 0.2) is 5.65 Å². The summed E-state index contributed by atoms with van der Waals surface area (Å²) >= 11 is 0. The van der Waals surface area contributed by atoms with Gasteiger partial charge in [-0.3, -0.25) is 14.6 Å². The second-order valence-electron chi connectivity index (χ2n) is 6.38. The number of carbonyl (C=O) groups is 2. The first-order valence-corrected chi connectivity index (χ1v) is 7.58. The van der Waals surface area contributed by atoms with Crippen LogP contribution in [0.3, 0.4) is 0 Å². The number of likely N-dealkylation sites (N-methyl/N-ethyl adjacent to an activating group) is 1. The number of anilines is 1. The van der Waals surface area contributed by atoms with Gasteiger partial charge in [0.2, 0.25) is 5.91 Å². The number of alkyl halides is 2. The molecular formula is C16H18F2N4O2. The molecule has 0 bridgehead atoms. The minimum Gasteiger partial charge on any atom is -0.305 e. The monoisotopic (exact) mass is 336 g/mol. The van der Waals surface area contributed by atoms with Gasteiger partial charge in [-0.2, -0.15) is 0 Å². The first-order valence-electron chi connectivity index (χ1n) is 7.58. The van der Waals surface area contributed by atoms with Crippen LogP contribution in [0.4, 0.5) is 19.3 Å². The Kier molecular flexibility index (Phi) is 3.58. The average Bonchev–Trinajstić information content (AvgIpc) is 3.02. The Hall–Kier alpha value is -2.51. The average molecular weight is 336 g/mol. The third kappa shape index (κ3) is 2.51. The van der Waals surface area contributed by atoms with Gasteiger partial charge in [-0.05, 0) is 12.0 Å². The molecule has 0 saturated carbocycles. The smallest absolute Gasteiger partial charge is 0.305 e. The lowest BCUT2D eigenvalue weighted by atomic mass is 10.1. The summed E-state index contributed by atoms with van der Waals surface area (Å²) in [5.74, 6) is -3.37. The summed E-state index contributed by atoms with van der Waals surface area (Å²) in [6.07, 6.45) is 2.98. The zero-order valence-electron chi connectivity index (χ0n) is 13.9. The van der Waals surface area contributed by atoms with Crippen LogP contribution in [0.15, 0.2) is 18.5 Å². The van der Waals surface area contributed by atoms with E-state index in [9.17, 15) is 18.4 Å². The fraction of sp³-hybridized carbons (Fsp3) is 0.438. The van der Waals surface area contributed by atoms with E-state index in [1.165, 1.54) is 28.6 Å². The number of halogens is 2. The van der Waals surface area contributed by atoms with Crippen molar-refractivity contribution in [1.29, 1.82) is 0 Å². The van der Waals surface area contributed by atoms with E-state index in [1.807, 2.05) is 13.8 Å². The lowest BCUT2D eigenvalue weighted by molar-refractivity contribution is -0.123. The standard InChI is InChI=1S/C16H18F2N4O2/c1-9(2)11-7-21-6-10(16(3,17)18)5-12(14(21)19-11)22-8-13(23)20(4)15(22)24/h5-7,9H,8H2,1-4H3. The molecule has 24 heavy (non-hydrogen) atoms. The molecule has 8 heteroatoms. The lowest BCUT2D eigenvalue weighted by Crippen LogP contribution is -2.30. The molecule has 0 aromatic carbocycles. The second-order valence-corrected chi connectivity index (χ2v) is 6.38. The molecule has 0 atom stereocenters. The zero-order valence-corrected chi connectivity index (χ0v) is 13.9. The number of imide groups is 1. The van der Waals surface area contributed by atoms with Crippen molar-refractivity contribution < 1.29 is 18.4 Å². The van der Waals surface area contributed by atoms with E-state index in [2.05, 4.69) is 4.98 Å².